The first-order valence-electron chi connectivity index (χ1n) is 7.73. The van der Waals surface area contributed by atoms with E-state index in [2.05, 4.69) is 0 Å². The molecule has 1 saturated heterocycles. The highest BCUT2D eigenvalue weighted by molar-refractivity contribution is 7.89. The zero-order valence-electron chi connectivity index (χ0n) is 13.6. The Bertz CT molecular complexity index is 892. The Morgan fingerprint density at radius 1 is 1.38 bits per heavy atom. The van der Waals surface area contributed by atoms with Crippen LogP contribution >= 0.6 is 22.9 Å². The van der Waals surface area contributed by atoms with Crippen molar-refractivity contribution in [3.05, 3.63) is 28.1 Å². The molecule has 0 atom stereocenters. The summed E-state index contributed by atoms with van der Waals surface area (Å²) >= 11 is 7.49. The number of nitrogens with zero attached hydrogens (tertiary/aromatic N) is 2. The smallest absolute Gasteiger partial charge is 0.244 e. The lowest BCUT2D eigenvalue weighted by Crippen LogP contribution is -2.37. The van der Waals surface area contributed by atoms with Crippen LogP contribution in [0.25, 0.3) is 10.1 Å². The number of thiophene rings is 1. The first kappa shape index (κ1) is 17.7. The molecular weight excluding hydrogens is 368 g/mol. The van der Waals surface area contributed by atoms with E-state index in [1.807, 2.05) is 13.0 Å². The van der Waals surface area contributed by atoms with Gasteiger partial charge in [-0.25, -0.2) is 8.42 Å². The van der Waals surface area contributed by atoms with Gasteiger partial charge in [0.15, 0.2) is 0 Å². The van der Waals surface area contributed by atoms with Crippen LogP contribution in [-0.2, 0) is 14.8 Å². The molecule has 24 heavy (non-hydrogen) atoms. The van der Waals surface area contributed by atoms with Crippen LogP contribution in [0.15, 0.2) is 23.1 Å². The van der Waals surface area contributed by atoms with Crippen molar-refractivity contribution in [2.24, 2.45) is 0 Å². The second-order valence-electron chi connectivity index (χ2n) is 5.94. The number of fused-ring (bicyclic) bond motifs is 1. The van der Waals surface area contributed by atoms with Gasteiger partial charge in [0.1, 0.15) is 4.90 Å². The molecule has 5 nitrogen and oxygen atoms in total. The maximum Gasteiger partial charge on any atom is 0.244 e. The van der Waals surface area contributed by atoms with Gasteiger partial charge in [-0.15, -0.1) is 11.3 Å². The van der Waals surface area contributed by atoms with Crippen molar-refractivity contribution in [2.45, 2.75) is 24.7 Å². The maximum absolute atomic E-state index is 13.0. The summed E-state index contributed by atoms with van der Waals surface area (Å²) < 4.78 is 28.3. The van der Waals surface area contributed by atoms with Crippen molar-refractivity contribution in [3.8, 4) is 0 Å². The Morgan fingerprint density at radius 3 is 2.79 bits per heavy atom. The summed E-state index contributed by atoms with van der Waals surface area (Å²) in [4.78, 5) is 14.5. The van der Waals surface area contributed by atoms with E-state index in [0.29, 0.717) is 34.8 Å². The number of likely N-dealkylation sites (N-methyl/N-ethyl adjacent to an activating group) is 1. The van der Waals surface area contributed by atoms with E-state index >= 15 is 0 Å². The van der Waals surface area contributed by atoms with E-state index < -0.39 is 10.0 Å². The molecule has 3 rings (SSSR count). The topological polar surface area (TPSA) is 57.7 Å². The molecule has 1 fully saturated rings. The molecule has 1 amide bonds. The Morgan fingerprint density at radius 2 is 2.12 bits per heavy atom. The molecule has 2 aromatic rings. The van der Waals surface area contributed by atoms with E-state index in [9.17, 15) is 13.2 Å². The third-order valence-electron chi connectivity index (χ3n) is 4.29. The molecule has 0 saturated carbocycles. The molecule has 1 aromatic heterocycles. The minimum atomic E-state index is -3.63. The second kappa shape index (κ2) is 6.63. The minimum absolute atomic E-state index is 0.102. The van der Waals surface area contributed by atoms with Gasteiger partial charge in [-0.2, -0.15) is 4.31 Å². The Kier molecular flexibility index (Phi) is 4.88. The van der Waals surface area contributed by atoms with Crippen molar-refractivity contribution >= 4 is 49.0 Å². The predicted octanol–water partition coefficient (Wildman–Crippen LogP) is 3.11. The number of carbonyl (C=O) groups is 1. The first-order valence-corrected chi connectivity index (χ1v) is 10.4. The van der Waals surface area contributed by atoms with Crippen molar-refractivity contribution in [2.75, 3.05) is 26.7 Å². The molecule has 0 unspecified atom stereocenters. The van der Waals surface area contributed by atoms with Gasteiger partial charge in [0.05, 0.1) is 0 Å². The molecule has 1 aliphatic heterocycles. The summed E-state index contributed by atoms with van der Waals surface area (Å²) in [6.45, 7) is 3.23. The van der Waals surface area contributed by atoms with E-state index in [1.165, 1.54) is 15.6 Å². The average molecular weight is 387 g/mol. The first-order chi connectivity index (χ1) is 11.3. The maximum atomic E-state index is 13.0. The fourth-order valence-corrected chi connectivity index (χ4v) is 6.03. The van der Waals surface area contributed by atoms with Crippen LogP contribution in [0.2, 0.25) is 5.02 Å². The molecule has 0 radical (unpaired) electrons. The van der Waals surface area contributed by atoms with E-state index in [1.54, 1.807) is 24.1 Å². The van der Waals surface area contributed by atoms with Crippen LogP contribution in [-0.4, -0.2) is 50.2 Å². The third-order valence-corrected chi connectivity index (χ3v) is 7.79. The number of rotatable bonds is 5. The second-order valence-corrected chi connectivity index (χ2v) is 9.61. The third kappa shape index (κ3) is 3.18. The monoisotopic (exact) mass is 386 g/mol. The van der Waals surface area contributed by atoms with Crippen LogP contribution in [0.4, 0.5) is 0 Å². The SMILES string of the molecule is Cc1sc2ccc(Cl)cc2c1S(=O)(=O)N(C)CCN1CCCC1=O. The molecule has 1 aromatic carbocycles. The molecule has 0 bridgehead atoms. The predicted molar refractivity (Wildman–Crippen MR) is 97.2 cm³/mol. The van der Waals surface area contributed by atoms with Crippen molar-refractivity contribution in [1.29, 1.82) is 0 Å². The van der Waals surface area contributed by atoms with Crippen LogP contribution < -0.4 is 0 Å². The summed E-state index contributed by atoms with van der Waals surface area (Å²) in [5.74, 6) is 0.102. The zero-order chi connectivity index (χ0) is 17.5. The lowest BCUT2D eigenvalue weighted by Gasteiger charge is -2.21. The van der Waals surface area contributed by atoms with Gasteiger partial charge in [0, 0.05) is 53.1 Å². The molecule has 2 heterocycles. The number of sulfonamides is 1. The van der Waals surface area contributed by atoms with Crippen molar-refractivity contribution in [3.63, 3.8) is 0 Å². The average Bonchev–Trinajstić information content (AvgIpc) is 3.06. The summed E-state index contributed by atoms with van der Waals surface area (Å²) in [6.07, 6.45) is 1.41. The van der Waals surface area contributed by atoms with Gasteiger partial charge in [0.2, 0.25) is 15.9 Å². The molecule has 0 spiro atoms. The Balaban J connectivity index is 1.88. The van der Waals surface area contributed by atoms with Gasteiger partial charge >= 0.3 is 0 Å². The molecule has 1 aliphatic rings. The Hall–Kier alpha value is -1.15. The fraction of sp³-hybridized carbons (Fsp3) is 0.438. The highest BCUT2D eigenvalue weighted by Gasteiger charge is 2.28. The number of carbonyl (C=O) groups excluding carboxylic acids is 1. The molecular formula is C16H19ClN2O3S2. The summed E-state index contributed by atoms with van der Waals surface area (Å²) in [7, 11) is -2.07. The van der Waals surface area contributed by atoms with Gasteiger partial charge in [-0.05, 0) is 31.5 Å². The number of amides is 1. The summed E-state index contributed by atoms with van der Waals surface area (Å²) in [6, 6.07) is 5.31. The van der Waals surface area contributed by atoms with Crippen LogP contribution in [0.3, 0.4) is 0 Å². The zero-order valence-corrected chi connectivity index (χ0v) is 16.0. The van der Waals surface area contributed by atoms with Gasteiger partial charge in [-0.3, -0.25) is 4.79 Å². The van der Waals surface area contributed by atoms with Crippen LogP contribution in [0, 0.1) is 6.92 Å². The highest BCUT2D eigenvalue weighted by atomic mass is 35.5. The fourth-order valence-electron chi connectivity index (χ4n) is 2.97. The van der Waals surface area contributed by atoms with Crippen molar-refractivity contribution in [1.82, 2.24) is 9.21 Å². The molecule has 0 N–H and O–H groups in total. The molecule has 0 aliphatic carbocycles. The summed E-state index contributed by atoms with van der Waals surface area (Å²) in [5, 5.41) is 1.18. The number of hydrogen-bond donors (Lipinski definition) is 0. The van der Waals surface area contributed by atoms with Crippen LogP contribution in [0.5, 0.6) is 0 Å². The van der Waals surface area contributed by atoms with Gasteiger partial charge in [-0.1, -0.05) is 11.6 Å². The van der Waals surface area contributed by atoms with Gasteiger partial charge < -0.3 is 4.90 Å². The lowest BCUT2D eigenvalue weighted by atomic mass is 10.2. The quantitative estimate of drug-likeness (QED) is 0.793. The number of benzene rings is 1. The van der Waals surface area contributed by atoms with E-state index in [-0.39, 0.29) is 12.5 Å². The largest absolute Gasteiger partial charge is 0.341 e. The number of halogens is 1. The number of likely N-dealkylation sites (tertiary alicyclic amines) is 1. The minimum Gasteiger partial charge on any atom is -0.341 e. The van der Waals surface area contributed by atoms with E-state index in [0.717, 1.165) is 16.0 Å². The van der Waals surface area contributed by atoms with Gasteiger partial charge in [0.25, 0.3) is 0 Å². The molecule has 8 heteroatoms. The van der Waals surface area contributed by atoms with E-state index in [4.69, 9.17) is 11.6 Å². The number of aryl methyl sites for hydroxylation is 1. The standard InChI is InChI=1S/C16H19ClN2O3S2/c1-11-16(13-10-12(17)5-6-14(13)23-11)24(21,22)18(2)8-9-19-7-3-4-15(19)20/h5-6,10H,3-4,7-9H2,1-2H3. The molecule has 130 valence electrons. The summed E-state index contributed by atoms with van der Waals surface area (Å²) in [5.41, 5.74) is 0. The van der Waals surface area contributed by atoms with Crippen molar-refractivity contribution < 1.29 is 13.2 Å². The number of hydrogen-bond acceptors (Lipinski definition) is 4. The Labute approximate surface area is 150 Å². The highest BCUT2D eigenvalue weighted by Crippen LogP contribution is 2.36. The van der Waals surface area contributed by atoms with Crippen LogP contribution in [0.1, 0.15) is 17.7 Å². The normalized spacial score (nSPS) is 15.8. The lowest BCUT2D eigenvalue weighted by molar-refractivity contribution is -0.127.